The molecule has 3 aromatic carbocycles. The molecule has 0 saturated carbocycles. The third-order valence-corrected chi connectivity index (χ3v) is 6.93. The number of aliphatic hydroxyl groups excluding tert-OH is 2. The Labute approximate surface area is 240 Å². The standard InChI is InChI=1S/C32H39FN4O4/c33-28-13-11-27(12-14-28)23-41-24-32(40)34-16-3-4-25-7-9-26(10-8-25)22-36(18-20-38)17-15-31-35-29-5-1-2-6-30(29)37(31)19-21-39/h1-2,5-14,38-39H,3-4,15-24H2,(H,34,40). The summed E-state index contributed by atoms with van der Waals surface area (Å²) in [6.07, 6.45) is 2.38. The number of halogens is 1. The van der Waals surface area contributed by atoms with Gasteiger partial charge in [0.2, 0.25) is 5.91 Å². The molecule has 0 aliphatic carbocycles. The quantitative estimate of drug-likeness (QED) is 0.171. The number of hydrogen-bond acceptors (Lipinski definition) is 6. The molecular weight excluding hydrogens is 523 g/mol. The van der Waals surface area contributed by atoms with Crippen LogP contribution < -0.4 is 5.32 Å². The summed E-state index contributed by atoms with van der Waals surface area (Å²) >= 11 is 0. The van der Waals surface area contributed by atoms with Crippen molar-refractivity contribution in [1.82, 2.24) is 19.8 Å². The van der Waals surface area contributed by atoms with Gasteiger partial charge in [-0.25, -0.2) is 9.37 Å². The second kappa shape index (κ2) is 16.0. The molecule has 0 bridgehead atoms. The van der Waals surface area contributed by atoms with Crippen LogP contribution in [0.4, 0.5) is 4.39 Å². The van der Waals surface area contributed by atoms with Crippen molar-refractivity contribution in [3.63, 3.8) is 0 Å². The number of carbonyl (C=O) groups excluding carboxylic acids is 1. The Morgan fingerprint density at radius 1 is 0.902 bits per heavy atom. The highest BCUT2D eigenvalue weighted by Crippen LogP contribution is 2.17. The van der Waals surface area contributed by atoms with Gasteiger partial charge in [-0.2, -0.15) is 0 Å². The van der Waals surface area contributed by atoms with Crippen LogP contribution in [0.1, 0.15) is 28.9 Å². The van der Waals surface area contributed by atoms with Crippen molar-refractivity contribution in [3.05, 3.63) is 101 Å². The average molecular weight is 563 g/mol. The molecule has 1 heterocycles. The van der Waals surface area contributed by atoms with Crippen molar-refractivity contribution >= 4 is 16.9 Å². The van der Waals surface area contributed by atoms with E-state index in [1.54, 1.807) is 12.1 Å². The summed E-state index contributed by atoms with van der Waals surface area (Å²) in [6, 6.07) is 22.4. The number of nitrogens with zero attached hydrogens (tertiary/aromatic N) is 3. The van der Waals surface area contributed by atoms with Crippen molar-refractivity contribution in [2.24, 2.45) is 0 Å². The smallest absolute Gasteiger partial charge is 0.246 e. The molecule has 0 aliphatic rings. The van der Waals surface area contributed by atoms with Gasteiger partial charge in [0, 0.05) is 39.1 Å². The fourth-order valence-corrected chi connectivity index (χ4v) is 4.82. The second-order valence-corrected chi connectivity index (χ2v) is 10.0. The molecule has 0 spiro atoms. The zero-order valence-corrected chi connectivity index (χ0v) is 23.3. The number of para-hydroxylation sites is 2. The van der Waals surface area contributed by atoms with Crippen LogP contribution in [-0.2, 0) is 42.1 Å². The zero-order chi connectivity index (χ0) is 28.9. The third kappa shape index (κ3) is 9.47. The van der Waals surface area contributed by atoms with Crippen molar-refractivity contribution in [2.75, 3.05) is 39.5 Å². The summed E-state index contributed by atoms with van der Waals surface area (Å²) in [7, 11) is 0. The van der Waals surface area contributed by atoms with Crippen LogP contribution in [0.5, 0.6) is 0 Å². The van der Waals surface area contributed by atoms with Gasteiger partial charge in [0.1, 0.15) is 18.2 Å². The number of aliphatic hydroxyl groups is 2. The van der Waals surface area contributed by atoms with Crippen LogP contribution in [0.15, 0.2) is 72.8 Å². The molecule has 8 nitrogen and oxygen atoms in total. The van der Waals surface area contributed by atoms with E-state index in [9.17, 15) is 19.4 Å². The summed E-state index contributed by atoms with van der Waals surface area (Å²) in [5.74, 6) is 0.470. The lowest BCUT2D eigenvalue weighted by Gasteiger charge is -2.21. The number of benzene rings is 3. The van der Waals surface area contributed by atoms with Gasteiger partial charge in [0.05, 0.1) is 30.9 Å². The first-order chi connectivity index (χ1) is 20.1. The van der Waals surface area contributed by atoms with E-state index in [1.165, 1.54) is 17.7 Å². The lowest BCUT2D eigenvalue weighted by molar-refractivity contribution is -0.126. The monoisotopic (exact) mass is 562 g/mol. The molecule has 1 aromatic heterocycles. The molecule has 41 heavy (non-hydrogen) atoms. The van der Waals surface area contributed by atoms with E-state index in [-0.39, 0.29) is 38.2 Å². The molecule has 1 amide bonds. The highest BCUT2D eigenvalue weighted by Gasteiger charge is 2.13. The maximum atomic E-state index is 12.9. The van der Waals surface area contributed by atoms with E-state index in [1.807, 2.05) is 24.3 Å². The first-order valence-corrected chi connectivity index (χ1v) is 14.1. The number of rotatable bonds is 17. The number of nitrogens with one attached hydrogen (secondary N) is 1. The minimum Gasteiger partial charge on any atom is -0.395 e. The van der Waals surface area contributed by atoms with Crippen LogP contribution in [0.25, 0.3) is 11.0 Å². The van der Waals surface area contributed by atoms with Crippen LogP contribution in [0.2, 0.25) is 0 Å². The molecule has 0 radical (unpaired) electrons. The number of amides is 1. The molecule has 218 valence electrons. The summed E-state index contributed by atoms with van der Waals surface area (Å²) in [5, 5.41) is 22.0. The van der Waals surface area contributed by atoms with Crippen LogP contribution in [0.3, 0.4) is 0 Å². The van der Waals surface area contributed by atoms with Gasteiger partial charge in [-0.05, 0) is 53.8 Å². The molecule has 0 unspecified atom stereocenters. The van der Waals surface area contributed by atoms with Gasteiger partial charge in [-0.1, -0.05) is 48.5 Å². The summed E-state index contributed by atoms with van der Waals surface area (Å²) < 4.78 is 20.4. The Morgan fingerprint density at radius 3 is 2.39 bits per heavy atom. The molecule has 0 fully saturated rings. The van der Waals surface area contributed by atoms with Gasteiger partial charge in [-0.15, -0.1) is 0 Å². The van der Waals surface area contributed by atoms with Crippen LogP contribution in [-0.4, -0.2) is 70.0 Å². The Morgan fingerprint density at radius 2 is 1.63 bits per heavy atom. The molecular formula is C32H39FN4O4. The summed E-state index contributed by atoms with van der Waals surface area (Å²) in [4.78, 5) is 19.0. The lowest BCUT2D eigenvalue weighted by atomic mass is 10.1. The molecule has 0 atom stereocenters. The Kier molecular flexibility index (Phi) is 11.8. The van der Waals surface area contributed by atoms with Crippen LogP contribution >= 0.6 is 0 Å². The largest absolute Gasteiger partial charge is 0.395 e. The summed E-state index contributed by atoms with van der Waals surface area (Å²) in [6.45, 7) is 3.46. The number of imidazole rings is 1. The summed E-state index contributed by atoms with van der Waals surface area (Å²) in [5.41, 5.74) is 5.13. The minimum absolute atomic E-state index is 0.0316. The maximum absolute atomic E-state index is 12.9. The highest BCUT2D eigenvalue weighted by atomic mass is 19.1. The first-order valence-electron chi connectivity index (χ1n) is 14.1. The van der Waals surface area contributed by atoms with Crippen LogP contribution in [0, 0.1) is 5.82 Å². The normalized spacial score (nSPS) is 11.4. The predicted octanol–water partition coefficient (Wildman–Crippen LogP) is 3.47. The predicted molar refractivity (Wildman–Crippen MR) is 157 cm³/mol. The molecule has 4 aromatic rings. The van der Waals surface area contributed by atoms with Gasteiger partial charge in [-0.3, -0.25) is 9.69 Å². The van der Waals surface area contributed by atoms with Gasteiger partial charge >= 0.3 is 0 Å². The Hall–Kier alpha value is -3.63. The van der Waals surface area contributed by atoms with E-state index in [0.29, 0.717) is 19.6 Å². The fraction of sp³-hybridized carbons (Fsp3) is 0.375. The van der Waals surface area contributed by atoms with Gasteiger partial charge in [0.25, 0.3) is 0 Å². The van der Waals surface area contributed by atoms with Crippen molar-refractivity contribution in [3.8, 4) is 0 Å². The van der Waals surface area contributed by atoms with Crippen molar-refractivity contribution in [1.29, 1.82) is 0 Å². The van der Waals surface area contributed by atoms with E-state index < -0.39 is 0 Å². The topological polar surface area (TPSA) is 99.9 Å². The van der Waals surface area contributed by atoms with E-state index in [0.717, 1.165) is 60.3 Å². The second-order valence-electron chi connectivity index (χ2n) is 10.0. The molecule has 0 aliphatic heterocycles. The van der Waals surface area contributed by atoms with E-state index in [2.05, 4.69) is 39.0 Å². The molecule has 0 saturated heterocycles. The Bertz CT molecular complexity index is 1360. The lowest BCUT2D eigenvalue weighted by Crippen LogP contribution is -2.29. The van der Waals surface area contributed by atoms with Crippen molar-refractivity contribution < 1.29 is 24.1 Å². The van der Waals surface area contributed by atoms with Gasteiger partial charge in [0.15, 0.2) is 0 Å². The average Bonchev–Trinajstić information content (AvgIpc) is 3.33. The van der Waals surface area contributed by atoms with Crippen molar-refractivity contribution in [2.45, 2.75) is 39.0 Å². The number of aryl methyl sites for hydroxylation is 1. The number of aromatic nitrogens is 2. The number of ether oxygens (including phenoxy) is 1. The Balaban J connectivity index is 1.18. The third-order valence-electron chi connectivity index (χ3n) is 6.93. The molecule has 4 rings (SSSR count). The molecule has 9 heteroatoms. The first kappa shape index (κ1) is 30.3. The molecule has 3 N–H and O–H groups in total. The zero-order valence-electron chi connectivity index (χ0n) is 23.3. The number of fused-ring (bicyclic) bond motifs is 1. The van der Waals surface area contributed by atoms with E-state index >= 15 is 0 Å². The number of carbonyl (C=O) groups is 1. The SMILES string of the molecule is O=C(COCc1ccc(F)cc1)NCCCc1ccc(CN(CCO)CCc2nc3ccccc3n2CCO)cc1. The number of hydrogen-bond donors (Lipinski definition) is 3. The minimum atomic E-state index is -0.297. The fourth-order valence-electron chi connectivity index (χ4n) is 4.82. The van der Waals surface area contributed by atoms with E-state index in [4.69, 9.17) is 9.72 Å². The maximum Gasteiger partial charge on any atom is 0.246 e. The van der Waals surface area contributed by atoms with Gasteiger partial charge < -0.3 is 24.8 Å². The highest BCUT2D eigenvalue weighted by molar-refractivity contribution is 5.77.